The fourth-order valence-corrected chi connectivity index (χ4v) is 4.80. The summed E-state index contributed by atoms with van der Waals surface area (Å²) in [6.45, 7) is 6.46. The second-order valence-corrected chi connectivity index (χ2v) is 9.65. The standard InChI is InChI=1S/C26H45NO6/c1-4-5-9-22-10-6-16-26(32-22)17-7-11-23(33-26)12-8-18-27-25(30)20(2)24(29)14-13-21(28)15-19-31-3/h4,20,22-24,29H,1,5-19H2,2-3H3,(H,27,30)/t20-,22+,23-,24-,26-/m0/s1. The van der Waals surface area contributed by atoms with Crippen molar-refractivity contribution in [2.75, 3.05) is 20.3 Å². The Labute approximate surface area is 199 Å². The zero-order valence-electron chi connectivity index (χ0n) is 20.7. The molecule has 0 aromatic heterocycles. The molecule has 1 amide bonds. The summed E-state index contributed by atoms with van der Waals surface area (Å²) in [7, 11) is 1.55. The first kappa shape index (κ1) is 28.0. The van der Waals surface area contributed by atoms with Crippen molar-refractivity contribution in [2.24, 2.45) is 5.92 Å². The maximum absolute atomic E-state index is 12.4. The molecule has 2 aliphatic rings. The number of rotatable bonds is 15. The van der Waals surface area contributed by atoms with Crippen LogP contribution in [0.15, 0.2) is 12.7 Å². The van der Waals surface area contributed by atoms with Gasteiger partial charge in [0.05, 0.1) is 30.8 Å². The summed E-state index contributed by atoms with van der Waals surface area (Å²) in [6, 6.07) is 0. The van der Waals surface area contributed by atoms with E-state index < -0.39 is 17.8 Å². The lowest BCUT2D eigenvalue weighted by Crippen LogP contribution is -2.48. The van der Waals surface area contributed by atoms with Gasteiger partial charge in [0, 0.05) is 39.3 Å². The van der Waals surface area contributed by atoms with Gasteiger partial charge < -0.3 is 24.6 Å². The van der Waals surface area contributed by atoms with Gasteiger partial charge in [0.15, 0.2) is 5.79 Å². The van der Waals surface area contributed by atoms with Crippen LogP contribution in [0.5, 0.6) is 0 Å². The van der Waals surface area contributed by atoms with Crippen molar-refractivity contribution in [1.82, 2.24) is 5.32 Å². The Bertz CT molecular complexity index is 608. The molecule has 2 heterocycles. The molecule has 2 N–H and O–H groups in total. The third kappa shape index (κ3) is 9.85. The van der Waals surface area contributed by atoms with Crippen molar-refractivity contribution in [3.05, 3.63) is 12.7 Å². The van der Waals surface area contributed by atoms with E-state index in [1.807, 2.05) is 6.08 Å². The molecule has 0 aliphatic carbocycles. The van der Waals surface area contributed by atoms with Crippen molar-refractivity contribution < 1.29 is 28.9 Å². The van der Waals surface area contributed by atoms with Gasteiger partial charge in [-0.05, 0) is 57.8 Å². The molecule has 0 radical (unpaired) electrons. The summed E-state index contributed by atoms with van der Waals surface area (Å²) in [5.74, 6) is -1.09. The van der Waals surface area contributed by atoms with E-state index >= 15 is 0 Å². The van der Waals surface area contributed by atoms with Crippen LogP contribution in [0.4, 0.5) is 0 Å². The molecule has 33 heavy (non-hydrogen) atoms. The highest BCUT2D eigenvalue weighted by atomic mass is 16.7. The van der Waals surface area contributed by atoms with Gasteiger partial charge in [-0.15, -0.1) is 6.58 Å². The lowest BCUT2D eigenvalue weighted by Gasteiger charge is -2.46. The Morgan fingerprint density at radius 2 is 1.85 bits per heavy atom. The Morgan fingerprint density at radius 3 is 2.48 bits per heavy atom. The number of ether oxygens (including phenoxy) is 3. The predicted molar refractivity (Wildman–Crippen MR) is 128 cm³/mol. The second-order valence-electron chi connectivity index (χ2n) is 9.65. The molecule has 2 saturated heterocycles. The summed E-state index contributed by atoms with van der Waals surface area (Å²) in [6.07, 6.45) is 12.5. The first-order valence-corrected chi connectivity index (χ1v) is 12.8. The minimum Gasteiger partial charge on any atom is -0.392 e. The monoisotopic (exact) mass is 467 g/mol. The number of Topliss-reactive ketones (excluding diaryl/α,β-unsaturated/α-hetero) is 1. The van der Waals surface area contributed by atoms with E-state index in [-0.39, 0.29) is 30.3 Å². The van der Waals surface area contributed by atoms with Gasteiger partial charge in [0.2, 0.25) is 5.91 Å². The van der Waals surface area contributed by atoms with Crippen LogP contribution in [0.3, 0.4) is 0 Å². The fourth-order valence-electron chi connectivity index (χ4n) is 4.80. The van der Waals surface area contributed by atoms with Crippen LogP contribution in [0, 0.1) is 5.92 Å². The highest BCUT2D eigenvalue weighted by molar-refractivity contribution is 5.80. The maximum Gasteiger partial charge on any atom is 0.225 e. The summed E-state index contributed by atoms with van der Waals surface area (Å²) in [5, 5.41) is 13.2. The van der Waals surface area contributed by atoms with Crippen molar-refractivity contribution in [2.45, 2.75) is 114 Å². The van der Waals surface area contributed by atoms with Crippen LogP contribution in [0.1, 0.15) is 90.4 Å². The summed E-state index contributed by atoms with van der Waals surface area (Å²) in [4.78, 5) is 24.1. The first-order valence-electron chi connectivity index (χ1n) is 12.8. The number of allylic oxidation sites excluding steroid dienone is 1. The van der Waals surface area contributed by atoms with E-state index in [1.54, 1.807) is 14.0 Å². The molecule has 2 aliphatic heterocycles. The molecule has 0 aromatic carbocycles. The number of aliphatic hydroxyl groups is 1. The smallest absolute Gasteiger partial charge is 0.225 e. The predicted octanol–water partition coefficient (Wildman–Crippen LogP) is 4.07. The number of carbonyl (C=O) groups is 2. The maximum atomic E-state index is 12.4. The molecule has 2 fully saturated rings. The molecule has 5 atom stereocenters. The molecular weight excluding hydrogens is 422 g/mol. The highest BCUT2D eigenvalue weighted by Crippen LogP contribution is 2.40. The van der Waals surface area contributed by atoms with Crippen molar-refractivity contribution in [3.8, 4) is 0 Å². The quantitative estimate of drug-likeness (QED) is 0.279. The zero-order valence-corrected chi connectivity index (χ0v) is 20.7. The highest BCUT2D eigenvalue weighted by Gasteiger charge is 2.42. The summed E-state index contributed by atoms with van der Waals surface area (Å²) < 4.78 is 17.8. The Morgan fingerprint density at radius 1 is 1.18 bits per heavy atom. The van der Waals surface area contributed by atoms with Crippen molar-refractivity contribution >= 4 is 11.7 Å². The molecule has 0 unspecified atom stereocenters. The number of amides is 1. The topological polar surface area (TPSA) is 94.1 Å². The average molecular weight is 468 g/mol. The van der Waals surface area contributed by atoms with Crippen LogP contribution < -0.4 is 5.32 Å². The number of ketones is 1. The van der Waals surface area contributed by atoms with Crippen LogP contribution in [-0.2, 0) is 23.8 Å². The Hall–Kier alpha value is -1.28. The fraction of sp³-hybridized carbons (Fsp3) is 0.846. The number of hydrogen-bond donors (Lipinski definition) is 2. The van der Waals surface area contributed by atoms with Gasteiger partial charge in [-0.3, -0.25) is 9.59 Å². The van der Waals surface area contributed by atoms with Gasteiger partial charge >= 0.3 is 0 Å². The van der Waals surface area contributed by atoms with Crippen LogP contribution in [-0.4, -0.2) is 61.2 Å². The van der Waals surface area contributed by atoms with Gasteiger partial charge in [0.1, 0.15) is 5.78 Å². The Kier molecular flexibility index (Phi) is 12.6. The van der Waals surface area contributed by atoms with E-state index in [4.69, 9.17) is 14.2 Å². The van der Waals surface area contributed by atoms with Gasteiger partial charge in [-0.1, -0.05) is 13.0 Å². The lowest BCUT2D eigenvalue weighted by molar-refractivity contribution is -0.315. The number of nitrogens with one attached hydrogen (secondary N) is 1. The van der Waals surface area contributed by atoms with E-state index in [1.165, 1.54) is 0 Å². The van der Waals surface area contributed by atoms with E-state index in [9.17, 15) is 14.7 Å². The third-order valence-corrected chi connectivity index (χ3v) is 6.92. The van der Waals surface area contributed by atoms with Crippen LogP contribution in [0.2, 0.25) is 0 Å². The largest absolute Gasteiger partial charge is 0.392 e. The molecule has 0 saturated carbocycles. The summed E-state index contributed by atoms with van der Waals surface area (Å²) in [5.41, 5.74) is 0. The van der Waals surface area contributed by atoms with E-state index in [0.29, 0.717) is 26.0 Å². The minimum atomic E-state index is -0.824. The molecule has 7 nitrogen and oxygen atoms in total. The number of hydrogen-bond acceptors (Lipinski definition) is 6. The Balaban J connectivity index is 1.65. The molecule has 0 bridgehead atoms. The number of methoxy groups -OCH3 is 1. The SMILES string of the molecule is C=CCC[C@@H]1CCC[C@]2(CCC[C@@H](CCCNC(=O)[C@@H](C)[C@@H](O)CCC(=O)CCOC)O2)O1. The molecule has 7 heteroatoms. The van der Waals surface area contributed by atoms with E-state index in [0.717, 1.165) is 64.2 Å². The van der Waals surface area contributed by atoms with E-state index in [2.05, 4.69) is 11.9 Å². The molecular formula is C26H45NO6. The zero-order chi connectivity index (χ0) is 24.1. The second kappa shape index (κ2) is 14.9. The molecule has 0 aromatic rings. The van der Waals surface area contributed by atoms with Gasteiger partial charge in [-0.25, -0.2) is 0 Å². The normalized spacial score (nSPS) is 27.1. The van der Waals surface area contributed by atoms with Crippen LogP contribution in [0.25, 0.3) is 0 Å². The average Bonchev–Trinajstić information content (AvgIpc) is 2.82. The molecule has 2 rings (SSSR count). The molecule has 1 spiro atoms. The van der Waals surface area contributed by atoms with Crippen molar-refractivity contribution in [1.29, 1.82) is 0 Å². The number of aliphatic hydroxyl groups excluding tert-OH is 1. The minimum absolute atomic E-state index is 0.0442. The van der Waals surface area contributed by atoms with Gasteiger partial charge in [0.25, 0.3) is 0 Å². The third-order valence-electron chi connectivity index (χ3n) is 6.92. The molecule has 190 valence electrons. The number of carbonyl (C=O) groups excluding carboxylic acids is 2. The summed E-state index contributed by atoms with van der Waals surface area (Å²) >= 11 is 0. The van der Waals surface area contributed by atoms with Crippen LogP contribution >= 0.6 is 0 Å². The first-order chi connectivity index (χ1) is 15.9. The lowest BCUT2D eigenvalue weighted by atomic mass is 9.91. The van der Waals surface area contributed by atoms with Gasteiger partial charge in [-0.2, -0.15) is 0 Å². The van der Waals surface area contributed by atoms with Crippen molar-refractivity contribution in [3.63, 3.8) is 0 Å².